The molecule has 0 bridgehead atoms. The van der Waals surface area contributed by atoms with E-state index < -0.39 is 15.4 Å². The standard InChI is InChI=1S/C4H9NO3S/c5-2-3-1-4(3)9(6,7)8/h3-4H,1-2,5H2,(H,6,7,8). The molecule has 1 rings (SSSR count). The molecule has 0 spiro atoms. The molecular formula is C4H9NO3S. The lowest BCUT2D eigenvalue weighted by molar-refractivity contribution is 0.479. The van der Waals surface area contributed by atoms with Gasteiger partial charge in [-0.05, 0) is 18.9 Å². The van der Waals surface area contributed by atoms with Crippen LogP contribution in [0.5, 0.6) is 0 Å². The highest BCUT2D eigenvalue weighted by Gasteiger charge is 2.45. The Morgan fingerprint density at radius 2 is 2.22 bits per heavy atom. The summed E-state index contributed by atoms with van der Waals surface area (Å²) in [4.78, 5) is 0. The number of rotatable bonds is 2. The first-order chi connectivity index (χ1) is 4.05. The lowest BCUT2D eigenvalue weighted by Crippen LogP contribution is -2.11. The zero-order valence-corrected chi connectivity index (χ0v) is 5.63. The maximum Gasteiger partial charge on any atom is 0.268 e. The third-order valence-corrected chi connectivity index (χ3v) is 2.89. The summed E-state index contributed by atoms with van der Waals surface area (Å²) in [7, 11) is -3.77. The highest BCUT2D eigenvalue weighted by atomic mass is 32.2. The zero-order valence-electron chi connectivity index (χ0n) is 4.82. The largest absolute Gasteiger partial charge is 0.330 e. The molecule has 0 aromatic heterocycles. The maximum atomic E-state index is 10.3. The molecule has 0 aromatic carbocycles. The maximum absolute atomic E-state index is 10.3. The molecule has 4 nitrogen and oxygen atoms in total. The van der Waals surface area contributed by atoms with Crippen molar-refractivity contribution in [2.24, 2.45) is 11.7 Å². The Morgan fingerprint density at radius 1 is 1.67 bits per heavy atom. The van der Waals surface area contributed by atoms with Crippen LogP contribution in [0, 0.1) is 5.92 Å². The van der Waals surface area contributed by atoms with Crippen LogP contribution in [-0.2, 0) is 10.1 Å². The fourth-order valence-electron chi connectivity index (χ4n) is 0.833. The van der Waals surface area contributed by atoms with Gasteiger partial charge >= 0.3 is 0 Å². The Hall–Kier alpha value is -0.130. The van der Waals surface area contributed by atoms with Gasteiger partial charge in [-0.1, -0.05) is 0 Å². The number of hydrogen-bond acceptors (Lipinski definition) is 3. The van der Waals surface area contributed by atoms with Crippen LogP contribution in [0.4, 0.5) is 0 Å². The monoisotopic (exact) mass is 151 g/mol. The van der Waals surface area contributed by atoms with Crippen molar-refractivity contribution in [2.75, 3.05) is 6.54 Å². The lowest BCUT2D eigenvalue weighted by Gasteiger charge is -1.89. The molecular weight excluding hydrogens is 142 g/mol. The minimum Gasteiger partial charge on any atom is -0.330 e. The van der Waals surface area contributed by atoms with Gasteiger partial charge in [0.25, 0.3) is 10.1 Å². The van der Waals surface area contributed by atoms with E-state index in [0.29, 0.717) is 13.0 Å². The van der Waals surface area contributed by atoms with Crippen LogP contribution >= 0.6 is 0 Å². The zero-order chi connectivity index (χ0) is 7.07. The first-order valence-electron chi connectivity index (χ1n) is 2.72. The SMILES string of the molecule is NCC1CC1S(=O)(=O)O. The van der Waals surface area contributed by atoms with Crippen molar-refractivity contribution in [1.82, 2.24) is 0 Å². The minimum atomic E-state index is -3.77. The van der Waals surface area contributed by atoms with E-state index in [4.69, 9.17) is 10.3 Å². The van der Waals surface area contributed by atoms with Gasteiger partial charge in [-0.15, -0.1) is 0 Å². The molecule has 5 heteroatoms. The van der Waals surface area contributed by atoms with E-state index in [1.807, 2.05) is 0 Å². The predicted octanol–water partition coefficient (Wildman–Crippen LogP) is -0.779. The van der Waals surface area contributed by atoms with Crippen LogP contribution in [0.25, 0.3) is 0 Å². The molecule has 2 atom stereocenters. The molecule has 0 aliphatic heterocycles. The van der Waals surface area contributed by atoms with Crippen molar-refractivity contribution in [2.45, 2.75) is 11.7 Å². The van der Waals surface area contributed by atoms with Gasteiger partial charge in [0.15, 0.2) is 0 Å². The summed E-state index contributed by atoms with van der Waals surface area (Å²) < 4.78 is 28.9. The van der Waals surface area contributed by atoms with Crippen LogP contribution in [0.15, 0.2) is 0 Å². The molecule has 54 valence electrons. The molecule has 0 amide bonds. The quantitative estimate of drug-likeness (QED) is 0.507. The Morgan fingerprint density at radius 3 is 2.33 bits per heavy atom. The molecule has 3 N–H and O–H groups in total. The third-order valence-electron chi connectivity index (χ3n) is 1.54. The van der Waals surface area contributed by atoms with Gasteiger partial charge in [-0.3, -0.25) is 4.55 Å². The summed E-state index contributed by atoms with van der Waals surface area (Å²) in [6.07, 6.45) is 0.523. The van der Waals surface area contributed by atoms with Crippen LogP contribution in [0.3, 0.4) is 0 Å². The number of hydrogen-bond donors (Lipinski definition) is 2. The average Bonchev–Trinajstić information content (AvgIpc) is 2.39. The molecule has 1 saturated carbocycles. The van der Waals surface area contributed by atoms with E-state index >= 15 is 0 Å². The van der Waals surface area contributed by atoms with Crippen LogP contribution in [0.2, 0.25) is 0 Å². The van der Waals surface area contributed by atoms with Gasteiger partial charge in [-0.25, -0.2) is 0 Å². The van der Waals surface area contributed by atoms with Crippen molar-refractivity contribution in [3.63, 3.8) is 0 Å². The topological polar surface area (TPSA) is 80.4 Å². The van der Waals surface area contributed by atoms with Gasteiger partial charge in [0.05, 0.1) is 5.25 Å². The van der Waals surface area contributed by atoms with Crippen LogP contribution < -0.4 is 5.73 Å². The second kappa shape index (κ2) is 1.93. The van der Waals surface area contributed by atoms with Crippen LogP contribution in [-0.4, -0.2) is 24.8 Å². The first kappa shape index (κ1) is 6.98. The molecule has 1 aliphatic carbocycles. The summed E-state index contributed by atoms with van der Waals surface area (Å²) in [5, 5.41) is -0.567. The minimum absolute atomic E-state index is 0.000000000000000222. The normalized spacial score (nSPS) is 34.4. The van der Waals surface area contributed by atoms with Gasteiger partial charge < -0.3 is 5.73 Å². The van der Waals surface area contributed by atoms with E-state index in [-0.39, 0.29) is 5.92 Å². The van der Waals surface area contributed by atoms with Gasteiger partial charge in [-0.2, -0.15) is 8.42 Å². The van der Waals surface area contributed by atoms with E-state index in [0.717, 1.165) is 0 Å². The van der Waals surface area contributed by atoms with Gasteiger partial charge in [0.2, 0.25) is 0 Å². The Bertz CT molecular complexity index is 198. The van der Waals surface area contributed by atoms with E-state index in [2.05, 4.69) is 0 Å². The Balaban J connectivity index is 2.53. The van der Waals surface area contributed by atoms with Crippen molar-refractivity contribution >= 4 is 10.1 Å². The van der Waals surface area contributed by atoms with Crippen molar-refractivity contribution in [3.8, 4) is 0 Å². The summed E-state index contributed by atoms with van der Waals surface area (Å²) in [6, 6.07) is 0. The third kappa shape index (κ3) is 1.41. The molecule has 0 aromatic rings. The van der Waals surface area contributed by atoms with E-state index in [9.17, 15) is 8.42 Å². The molecule has 0 heterocycles. The summed E-state index contributed by atoms with van der Waals surface area (Å²) in [5.74, 6) is -0.000000000000000222. The average molecular weight is 151 g/mol. The van der Waals surface area contributed by atoms with Crippen molar-refractivity contribution < 1.29 is 13.0 Å². The molecule has 0 saturated heterocycles. The van der Waals surface area contributed by atoms with Crippen molar-refractivity contribution in [1.29, 1.82) is 0 Å². The number of nitrogens with two attached hydrogens (primary N) is 1. The smallest absolute Gasteiger partial charge is 0.268 e. The summed E-state index contributed by atoms with van der Waals surface area (Å²) in [6.45, 7) is 0.352. The summed E-state index contributed by atoms with van der Waals surface area (Å²) in [5.41, 5.74) is 5.15. The molecule has 1 fully saturated rings. The fraction of sp³-hybridized carbons (Fsp3) is 1.00. The Labute approximate surface area is 53.8 Å². The lowest BCUT2D eigenvalue weighted by atomic mass is 10.4. The molecule has 9 heavy (non-hydrogen) atoms. The first-order valence-corrected chi connectivity index (χ1v) is 4.22. The highest BCUT2D eigenvalue weighted by molar-refractivity contribution is 7.86. The second-order valence-electron chi connectivity index (χ2n) is 2.28. The predicted molar refractivity (Wildman–Crippen MR) is 32.5 cm³/mol. The molecule has 2 unspecified atom stereocenters. The summed E-state index contributed by atoms with van der Waals surface area (Å²) >= 11 is 0. The Kier molecular flexibility index (Phi) is 1.50. The highest BCUT2D eigenvalue weighted by Crippen LogP contribution is 2.35. The second-order valence-corrected chi connectivity index (χ2v) is 3.92. The van der Waals surface area contributed by atoms with Gasteiger partial charge in [0, 0.05) is 0 Å². The fourth-order valence-corrected chi connectivity index (χ4v) is 1.92. The van der Waals surface area contributed by atoms with Crippen molar-refractivity contribution in [3.05, 3.63) is 0 Å². The molecule has 0 radical (unpaired) electrons. The van der Waals surface area contributed by atoms with E-state index in [1.165, 1.54) is 0 Å². The van der Waals surface area contributed by atoms with Crippen LogP contribution in [0.1, 0.15) is 6.42 Å². The molecule has 1 aliphatic rings. The van der Waals surface area contributed by atoms with Gasteiger partial charge in [0.1, 0.15) is 0 Å². The van der Waals surface area contributed by atoms with E-state index in [1.54, 1.807) is 0 Å².